The lowest BCUT2D eigenvalue weighted by atomic mass is 9.95. The van der Waals surface area contributed by atoms with Gasteiger partial charge in [0.25, 0.3) is 0 Å². The molecule has 0 aromatic rings. The van der Waals surface area contributed by atoms with Gasteiger partial charge in [-0.1, -0.05) is 0 Å². The minimum Gasteiger partial charge on any atom is -0.465 e. The summed E-state index contributed by atoms with van der Waals surface area (Å²) in [7, 11) is 0. The van der Waals surface area contributed by atoms with Crippen molar-refractivity contribution >= 4 is 5.97 Å². The molecule has 100 valence electrons. The van der Waals surface area contributed by atoms with Crippen molar-refractivity contribution in [3.8, 4) is 0 Å². The molecule has 1 rings (SSSR count). The highest BCUT2D eigenvalue weighted by molar-refractivity contribution is 5.75. The summed E-state index contributed by atoms with van der Waals surface area (Å²) in [6.45, 7) is 4.27. The van der Waals surface area contributed by atoms with Gasteiger partial charge in [-0.05, 0) is 39.8 Å². The number of alkyl halides is 3. The molecule has 1 aliphatic heterocycles. The van der Waals surface area contributed by atoms with Gasteiger partial charge in [0.15, 0.2) is 0 Å². The van der Waals surface area contributed by atoms with E-state index < -0.39 is 18.1 Å². The van der Waals surface area contributed by atoms with Crippen LogP contribution in [-0.4, -0.2) is 42.8 Å². The predicted octanol–water partition coefficient (Wildman–Crippen LogP) is 2.21. The van der Waals surface area contributed by atoms with E-state index in [1.165, 1.54) is 0 Å². The Morgan fingerprint density at radius 2 is 1.94 bits per heavy atom. The third kappa shape index (κ3) is 3.87. The van der Waals surface area contributed by atoms with Crippen molar-refractivity contribution in [2.24, 2.45) is 5.92 Å². The molecular weight excluding hydrogens is 235 g/mol. The Hall–Kier alpha value is -0.780. The molecule has 1 fully saturated rings. The largest absolute Gasteiger partial charge is 0.465 e. The second-order valence-corrected chi connectivity index (χ2v) is 4.28. The van der Waals surface area contributed by atoms with Crippen molar-refractivity contribution in [3.63, 3.8) is 0 Å². The molecule has 1 heterocycles. The molecule has 0 aromatic heterocycles. The van der Waals surface area contributed by atoms with Crippen LogP contribution in [0, 0.1) is 5.92 Å². The van der Waals surface area contributed by atoms with Gasteiger partial charge < -0.3 is 4.74 Å². The van der Waals surface area contributed by atoms with Gasteiger partial charge in [0.05, 0.1) is 12.5 Å². The lowest BCUT2D eigenvalue weighted by molar-refractivity contribution is -0.186. The van der Waals surface area contributed by atoms with Crippen LogP contribution in [0.3, 0.4) is 0 Å². The van der Waals surface area contributed by atoms with E-state index in [4.69, 9.17) is 4.74 Å². The standard InChI is InChI=1S/C11H18F3NO2/c1-3-17-10(16)8(2)15-6-4-9(5-7-15)11(12,13)14/h8-9H,3-7H2,1-2H3. The molecule has 0 spiro atoms. The van der Waals surface area contributed by atoms with E-state index in [-0.39, 0.29) is 18.8 Å². The van der Waals surface area contributed by atoms with Crippen LogP contribution < -0.4 is 0 Å². The first-order valence-electron chi connectivity index (χ1n) is 5.83. The highest BCUT2D eigenvalue weighted by Crippen LogP contribution is 2.34. The van der Waals surface area contributed by atoms with Crippen molar-refractivity contribution in [1.82, 2.24) is 4.90 Å². The first kappa shape index (κ1) is 14.3. The predicted molar refractivity (Wildman–Crippen MR) is 56.4 cm³/mol. The number of nitrogens with zero attached hydrogens (tertiary/aromatic N) is 1. The van der Waals surface area contributed by atoms with E-state index in [2.05, 4.69) is 0 Å². The number of piperidine rings is 1. The molecule has 0 amide bonds. The Bertz CT molecular complexity index is 260. The minimum absolute atomic E-state index is 0.0627. The second kappa shape index (κ2) is 5.71. The Balaban J connectivity index is 2.44. The smallest absolute Gasteiger partial charge is 0.391 e. The van der Waals surface area contributed by atoms with Gasteiger partial charge in [0.2, 0.25) is 0 Å². The Labute approximate surface area is 98.9 Å². The van der Waals surface area contributed by atoms with Crippen molar-refractivity contribution in [2.45, 2.75) is 38.9 Å². The van der Waals surface area contributed by atoms with Crippen LogP contribution in [0.15, 0.2) is 0 Å². The Morgan fingerprint density at radius 3 is 2.35 bits per heavy atom. The van der Waals surface area contributed by atoms with Crippen LogP contribution in [0.2, 0.25) is 0 Å². The molecule has 17 heavy (non-hydrogen) atoms. The van der Waals surface area contributed by atoms with Crippen molar-refractivity contribution in [2.75, 3.05) is 19.7 Å². The number of halogens is 3. The number of hydrogen-bond acceptors (Lipinski definition) is 3. The molecule has 1 saturated heterocycles. The Kier molecular flexibility index (Phi) is 4.80. The summed E-state index contributed by atoms with van der Waals surface area (Å²) in [6.07, 6.45) is -3.99. The SMILES string of the molecule is CCOC(=O)C(C)N1CCC(C(F)(F)F)CC1. The van der Waals surface area contributed by atoms with Crippen LogP contribution in [-0.2, 0) is 9.53 Å². The topological polar surface area (TPSA) is 29.5 Å². The molecule has 1 aliphatic rings. The summed E-state index contributed by atoms with van der Waals surface area (Å²) in [4.78, 5) is 13.2. The maximum Gasteiger partial charge on any atom is 0.391 e. The molecule has 3 nitrogen and oxygen atoms in total. The molecule has 0 radical (unpaired) electrons. The average Bonchev–Trinajstić information content (AvgIpc) is 2.27. The third-order valence-electron chi connectivity index (χ3n) is 3.17. The highest BCUT2D eigenvalue weighted by Gasteiger charge is 2.42. The summed E-state index contributed by atoms with van der Waals surface area (Å²) in [5.41, 5.74) is 0. The molecule has 6 heteroatoms. The first-order valence-corrected chi connectivity index (χ1v) is 5.83. The fraction of sp³-hybridized carbons (Fsp3) is 0.909. The zero-order valence-corrected chi connectivity index (χ0v) is 10.1. The molecule has 1 unspecified atom stereocenters. The quantitative estimate of drug-likeness (QED) is 0.722. The lowest BCUT2D eigenvalue weighted by Crippen LogP contribution is -2.46. The van der Waals surface area contributed by atoms with E-state index in [0.717, 1.165) is 0 Å². The van der Waals surface area contributed by atoms with Crippen LogP contribution in [0.1, 0.15) is 26.7 Å². The van der Waals surface area contributed by atoms with E-state index >= 15 is 0 Å². The summed E-state index contributed by atoms with van der Waals surface area (Å²) < 4.78 is 42.2. The third-order valence-corrected chi connectivity index (χ3v) is 3.17. The molecular formula is C11H18F3NO2. The second-order valence-electron chi connectivity index (χ2n) is 4.28. The monoisotopic (exact) mass is 253 g/mol. The first-order chi connectivity index (χ1) is 7.86. The number of ether oxygens (including phenoxy) is 1. The van der Waals surface area contributed by atoms with Crippen molar-refractivity contribution in [3.05, 3.63) is 0 Å². The lowest BCUT2D eigenvalue weighted by Gasteiger charge is -2.35. The number of hydrogen-bond donors (Lipinski definition) is 0. The van der Waals surface area contributed by atoms with Crippen LogP contribution >= 0.6 is 0 Å². The molecule has 1 atom stereocenters. The van der Waals surface area contributed by atoms with E-state index in [0.29, 0.717) is 19.7 Å². The number of carbonyl (C=O) groups excluding carboxylic acids is 1. The summed E-state index contributed by atoms with van der Waals surface area (Å²) in [5.74, 6) is -1.59. The molecule has 0 N–H and O–H groups in total. The van der Waals surface area contributed by atoms with Crippen LogP contribution in [0.5, 0.6) is 0 Å². The van der Waals surface area contributed by atoms with Gasteiger partial charge in [-0.2, -0.15) is 13.2 Å². The van der Waals surface area contributed by atoms with Crippen molar-refractivity contribution < 1.29 is 22.7 Å². The number of esters is 1. The molecule has 0 aromatic carbocycles. The van der Waals surface area contributed by atoms with E-state index in [1.54, 1.807) is 18.7 Å². The summed E-state index contributed by atoms with van der Waals surface area (Å²) in [6, 6.07) is -0.455. The zero-order valence-electron chi connectivity index (χ0n) is 10.1. The van der Waals surface area contributed by atoms with Gasteiger partial charge in [-0.15, -0.1) is 0 Å². The molecule has 0 saturated carbocycles. The Morgan fingerprint density at radius 1 is 1.41 bits per heavy atom. The molecule has 0 bridgehead atoms. The van der Waals surface area contributed by atoms with Gasteiger partial charge in [0.1, 0.15) is 6.04 Å². The number of rotatable bonds is 3. The fourth-order valence-electron chi connectivity index (χ4n) is 2.03. The summed E-state index contributed by atoms with van der Waals surface area (Å²) in [5, 5.41) is 0. The maximum absolute atomic E-state index is 12.4. The van der Waals surface area contributed by atoms with Gasteiger partial charge >= 0.3 is 12.1 Å². The zero-order chi connectivity index (χ0) is 13.1. The van der Waals surface area contributed by atoms with Gasteiger partial charge in [0, 0.05) is 0 Å². The minimum atomic E-state index is -4.11. The number of carbonyl (C=O) groups is 1. The molecule has 0 aliphatic carbocycles. The van der Waals surface area contributed by atoms with Crippen molar-refractivity contribution in [1.29, 1.82) is 0 Å². The highest BCUT2D eigenvalue weighted by atomic mass is 19.4. The van der Waals surface area contributed by atoms with Gasteiger partial charge in [-0.3, -0.25) is 9.69 Å². The normalized spacial score (nSPS) is 21.2. The van der Waals surface area contributed by atoms with E-state index in [9.17, 15) is 18.0 Å². The summed E-state index contributed by atoms with van der Waals surface area (Å²) >= 11 is 0. The fourth-order valence-corrected chi connectivity index (χ4v) is 2.03. The van der Waals surface area contributed by atoms with Crippen LogP contribution in [0.4, 0.5) is 13.2 Å². The van der Waals surface area contributed by atoms with Gasteiger partial charge in [-0.25, -0.2) is 0 Å². The van der Waals surface area contributed by atoms with Crippen LogP contribution in [0.25, 0.3) is 0 Å². The van der Waals surface area contributed by atoms with E-state index in [1.807, 2.05) is 0 Å². The maximum atomic E-state index is 12.4. The number of likely N-dealkylation sites (tertiary alicyclic amines) is 1. The average molecular weight is 253 g/mol.